The van der Waals surface area contributed by atoms with Crippen LogP contribution in [-0.4, -0.2) is 36.1 Å². The predicted molar refractivity (Wildman–Crippen MR) is 69.2 cm³/mol. The van der Waals surface area contributed by atoms with Crippen LogP contribution in [0.25, 0.3) is 0 Å². The molecule has 3 nitrogen and oxygen atoms in total. The van der Waals surface area contributed by atoms with E-state index in [0.29, 0.717) is 6.04 Å². The Hall–Kier alpha value is -0.130. The molecule has 0 amide bonds. The summed E-state index contributed by atoms with van der Waals surface area (Å²) in [6.45, 7) is 2.25. The van der Waals surface area contributed by atoms with Crippen molar-refractivity contribution in [1.29, 1.82) is 0 Å². The molecular weight excluding hydrogens is 322 g/mol. The molecule has 2 rings (SSSR count). The first-order valence-electron chi connectivity index (χ1n) is 4.91. The fourth-order valence-corrected chi connectivity index (χ4v) is 2.87. The highest BCUT2D eigenvalue weighted by molar-refractivity contribution is 9.11. The molecule has 1 aliphatic heterocycles. The van der Waals surface area contributed by atoms with Crippen molar-refractivity contribution < 1.29 is 0 Å². The van der Waals surface area contributed by atoms with E-state index in [1.807, 2.05) is 12.3 Å². The molecule has 2 heterocycles. The fourth-order valence-electron chi connectivity index (χ4n) is 1.77. The van der Waals surface area contributed by atoms with Crippen LogP contribution in [0.5, 0.6) is 0 Å². The second kappa shape index (κ2) is 4.80. The molecule has 1 aromatic rings. The molecule has 1 unspecified atom stereocenters. The zero-order valence-electron chi connectivity index (χ0n) is 8.50. The van der Waals surface area contributed by atoms with Crippen LogP contribution < -0.4 is 5.32 Å². The lowest BCUT2D eigenvalue weighted by Crippen LogP contribution is -2.24. The van der Waals surface area contributed by atoms with Gasteiger partial charge in [0.2, 0.25) is 0 Å². The van der Waals surface area contributed by atoms with Gasteiger partial charge in [-0.2, -0.15) is 0 Å². The van der Waals surface area contributed by atoms with Gasteiger partial charge in [0.25, 0.3) is 0 Å². The van der Waals surface area contributed by atoms with Crippen LogP contribution in [0.3, 0.4) is 0 Å². The Morgan fingerprint density at radius 3 is 2.93 bits per heavy atom. The minimum Gasteiger partial charge on any atom is -0.365 e. The van der Waals surface area contributed by atoms with Gasteiger partial charge in [-0.1, -0.05) is 0 Å². The quantitative estimate of drug-likeness (QED) is 0.901. The molecular formula is C10H13Br2N3. The standard InChI is InChI=1S/C10H13Br2N3/c1-15-3-2-8(6-15)14-10-9(12)4-7(11)5-13-10/h4-5,8H,2-3,6H2,1H3,(H,13,14). The minimum absolute atomic E-state index is 0.514. The molecule has 5 heteroatoms. The monoisotopic (exact) mass is 333 g/mol. The number of hydrogen-bond acceptors (Lipinski definition) is 3. The van der Waals surface area contributed by atoms with E-state index >= 15 is 0 Å². The topological polar surface area (TPSA) is 28.2 Å². The SMILES string of the molecule is CN1CCC(Nc2ncc(Br)cc2Br)C1. The van der Waals surface area contributed by atoms with E-state index < -0.39 is 0 Å². The maximum Gasteiger partial charge on any atom is 0.140 e. The molecule has 1 aromatic heterocycles. The highest BCUT2D eigenvalue weighted by Gasteiger charge is 2.20. The van der Waals surface area contributed by atoms with E-state index in [1.165, 1.54) is 6.42 Å². The zero-order chi connectivity index (χ0) is 10.8. The number of aromatic nitrogens is 1. The average molecular weight is 335 g/mol. The number of likely N-dealkylation sites (tertiary alicyclic amines) is 1. The molecule has 82 valence electrons. The fraction of sp³-hybridized carbons (Fsp3) is 0.500. The zero-order valence-corrected chi connectivity index (χ0v) is 11.7. The maximum absolute atomic E-state index is 4.34. The Morgan fingerprint density at radius 2 is 2.33 bits per heavy atom. The van der Waals surface area contributed by atoms with Gasteiger partial charge >= 0.3 is 0 Å². The van der Waals surface area contributed by atoms with Crippen molar-refractivity contribution in [3.8, 4) is 0 Å². The summed E-state index contributed by atoms with van der Waals surface area (Å²) in [4.78, 5) is 6.67. The molecule has 0 bridgehead atoms. The van der Waals surface area contributed by atoms with E-state index in [9.17, 15) is 0 Å². The van der Waals surface area contributed by atoms with Crippen LogP contribution in [0.1, 0.15) is 6.42 Å². The Bertz CT molecular complexity index is 357. The first-order chi connectivity index (χ1) is 7.15. The number of anilines is 1. The molecule has 0 saturated carbocycles. The lowest BCUT2D eigenvalue weighted by Gasteiger charge is -2.14. The van der Waals surface area contributed by atoms with Crippen LogP contribution in [0.15, 0.2) is 21.2 Å². The van der Waals surface area contributed by atoms with Gasteiger partial charge in [0.15, 0.2) is 0 Å². The lowest BCUT2D eigenvalue weighted by molar-refractivity contribution is 0.414. The maximum atomic E-state index is 4.34. The largest absolute Gasteiger partial charge is 0.365 e. The molecule has 0 spiro atoms. The van der Waals surface area contributed by atoms with Crippen LogP contribution in [0, 0.1) is 0 Å². The smallest absolute Gasteiger partial charge is 0.140 e. The summed E-state index contributed by atoms with van der Waals surface area (Å²) in [6, 6.07) is 2.52. The number of hydrogen-bond donors (Lipinski definition) is 1. The van der Waals surface area contributed by atoms with Gasteiger partial charge in [-0.15, -0.1) is 0 Å². The molecule has 1 fully saturated rings. The summed E-state index contributed by atoms with van der Waals surface area (Å²) in [5.41, 5.74) is 0. The van der Waals surface area contributed by atoms with Crippen LogP contribution in [0.4, 0.5) is 5.82 Å². The van der Waals surface area contributed by atoms with Crippen LogP contribution in [-0.2, 0) is 0 Å². The normalized spacial score (nSPS) is 21.9. The second-order valence-corrected chi connectivity index (χ2v) is 5.65. The summed E-state index contributed by atoms with van der Waals surface area (Å²) < 4.78 is 2.00. The number of likely N-dealkylation sites (N-methyl/N-ethyl adjacent to an activating group) is 1. The van der Waals surface area contributed by atoms with Gasteiger partial charge in [0, 0.05) is 23.3 Å². The molecule has 1 aliphatic rings. The molecule has 1 saturated heterocycles. The van der Waals surface area contributed by atoms with Gasteiger partial charge in [-0.25, -0.2) is 4.98 Å². The van der Waals surface area contributed by atoms with Crippen molar-refractivity contribution in [2.24, 2.45) is 0 Å². The Balaban J connectivity index is 2.04. The van der Waals surface area contributed by atoms with Crippen LogP contribution >= 0.6 is 31.9 Å². The van der Waals surface area contributed by atoms with Gasteiger partial charge < -0.3 is 10.2 Å². The van der Waals surface area contributed by atoms with Gasteiger partial charge in [-0.3, -0.25) is 0 Å². The average Bonchev–Trinajstić information content (AvgIpc) is 2.56. The predicted octanol–water partition coefficient (Wildman–Crippen LogP) is 2.72. The second-order valence-electron chi connectivity index (χ2n) is 3.88. The third-order valence-corrected chi connectivity index (χ3v) is 3.58. The molecule has 1 atom stereocenters. The molecule has 0 radical (unpaired) electrons. The first-order valence-corrected chi connectivity index (χ1v) is 6.50. The summed E-state index contributed by atoms with van der Waals surface area (Å²) in [5.74, 6) is 0.929. The van der Waals surface area contributed by atoms with Crippen molar-refractivity contribution in [3.63, 3.8) is 0 Å². The number of nitrogens with one attached hydrogen (secondary N) is 1. The molecule has 15 heavy (non-hydrogen) atoms. The summed E-state index contributed by atoms with van der Waals surface area (Å²) >= 11 is 6.89. The molecule has 1 N–H and O–H groups in total. The van der Waals surface area contributed by atoms with Gasteiger partial charge in [0.05, 0.1) is 4.47 Å². The van der Waals surface area contributed by atoms with Crippen molar-refractivity contribution in [2.45, 2.75) is 12.5 Å². The van der Waals surface area contributed by atoms with Crippen LogP contribution in [0.2, 0.25) is 0 Å². The van der Waals surface area contributed by atoms with E-state index in [1.54, 1.807) is 0 Å². The van der Waals surface area contributed by atoms with Crippen molar-refractivity contribution >= 4 is 37.7 Å². The van der Waals surface area contributed by atoms with Gasteiger partial charge in [-0.05, 0) is 57.9 Å². The minimum atomic E-state index is 0.514. The third kappa shape index (κ3) is 2.92. The Kier molecular flexibility index (Phi) is 3.64. The highest BCUT2D eigenvalue weighted by Crippen LogP contribution is 2.25. The Morgan fingerprint density at radius 1 is 1.53 bits per heavy atom. The summed E-state index contributed by atoms with van der Waals surface area (Å²) in [5, 5.41) is 3.45. The van der Waals surface area contributed by atoms with E-state index in [-0.39, 0.29) is 0 Å². The van der Waals surface area contributed by atoms with Crippen molar-refractivity contribution in [3.05, 3.63) is 21.2 Å². The molecule has 0 aliphatic carbocycles. The van der Waals surface area contributed by atoms with Crippen molar-refractivity contribution in [1.82, 2.24) is 9.88 Å². The van der Waals surface area contributed by atoms with Gasteiger partial charge in [0.1, 0.15) is 5.82 Å². The summed E-state index contributed by atoms with van der Waals surface area (Å²) in [7, 11) is 2.14. The lowest BCUT2D eigenvalue weighted by atomic mass is 10.2. The number of nitrogens with zero attached hydrogens (tertiary/aromatic N) is 2. The Labute approximate surface area is 107 Å². The molecule has 0 aromatic carbocycles. The van der Waals surface area contributed by atoms with E-state index in [0.717, 1.165) is 27.9 Å². The van der Waals surface area contributed by atoms with E-state index in [4.69, 9.17) is 0 Å². The third-order valence-electron chi connectivity index (χ3n) is 2.54. The number of pyridine rings is 1. The number of halogens is 2. The number of rotatable bonds is 2. The first kappa shape index (κ1) is 11.4. The summed E-state index contributed by atoms with van der Waals surface area (Å²) in [6.07, 6.45) is 2.99. The highest BCUT2D eigenvalue weighted by atomic mass is 79.9. The van der Waals surface area contributed by atoms with Crippen molar-refractivity contribution in [2.75, 3.05) is 25.5 Å². The van der Waals surface area contributed by atoms with E-state index in [2.05, 4.69) is 54.1 Å².